The molecule has 146 valence electrons. The quantitative estimate of drug-likeness (QED) is 0.421. The zero-order chi connectivity index (χ0) is 20.2. The lowest BCUT2D eigenvalue weighted by atomic mass is 10.2. The minimum atomic E-state index is -0.182. The van der Waals surface area contributed by atoms with Gasteiger partial charge in [-0.3, -0.25) is 9.47 Å². The molecular weight excluding hydrogens is 429 g/mol. The van der Waals surface area contributed by atoms with E-state index < -0.39 is 0 Å². The summed E-state index contributed by atoms with van der Waals surface area (Å²) in [7, 11) is 0. The Morgan fingerprint density at radius 3 is 2.41 bits per heavy atom. The first kappa shape index (κ1) is 19.6. The first-order valence-corrected chi connectivity index (χ1v) is 10.4. The fraction of sp³-hybridized carbons (Fsp3) is 0.0500. The molecule has 1 amide bonds. The second kappa shape index (κ2) is 8.73. The van der Waals surface area contributed by atoms with E-state index in [-0.39, 0.29) is 11.7 Å². The first-order valence-electron chi connectivity index (χ1n) is 8.64. The number of anilines is 1. The number of benzene rings is 2. The molecule has 4 rings (SSSR count). The SMILES string of the molecule is O=C(CSc1nnc(-c2ccc(Cl)cc2)n1-n1cccc1)Nc1ccccc1Cl. The summed E-state index contributed by atoms with van der Waals surface area (Å²) in [6.45, 7) is 0. The van der Waals surface area contributed by atoms with Gasteiger partial charge in [0.25, 0.3) is 0 Å². The number of carbonyl (C=O) groups excluding carboxylic acids is 1. The Kier molecular flexibility index (Phi) is 5.89. The summed E-state index contributed by atoms with van der Waals surface area (Å²) in [6, 6.07) is 18.3. The number of aromatic nitrogens is 4. The van der Waals surface area contributed by atoms with E-state index in [9.17, 15) is 4.79 Å². The van der Waals surface area contributed by atoms with Crippen molar-refractivity contribution in [2.75, 3.05) is 11.1 Å². The van der Waals surface area contributed by atoms with Gasteiger partial charge < -0.3 is 5.32 Å². The Hall–Kier alpha value is -2.74. The fourth-order valence-electron chi connectivity index (χ4n) is 2.68. The Bertz CT molecular complexity index is 1130. The van der Waals surface area contributed by atoms with Crippen molar-refractivity contribution in [1.29, 1.82) is 0 Å². The highest BCUT2D eigenvalue weighted by molar-refractivity contribution is 7.99. The Labute approximate surface area is 181 Å². The van der Waals surface area contributed by atoms with Gasteiger partial charge in [-0.05, 0) is 48.5 Å². The molecule has 1 N–H and O–H groups in total. The second-order valence-electron chi connectivity index (χ2n) is 6.00. The molecule has 0 saturated heterocycles. The van der Waals surface area contributed by atoms with Crippen LogP contribution in [0.4, 0.5) is 5.69 Å². The van der Waals surface area contributed by atoms with E-state index in [1.807, 2.05) is 58.1 Å². The normalized spacial score (nSPS) is 10.8. The van der Waals surface area contributed by atoms with E-state index in [4.69, 9.17) is 23.2 Å². The number of hydrogen-bond acceptors (Lipinski definition) is 4. The molecule has 2 heterocycles. The van der Waals surface area contributed by atoms with Crippen LogP contribution in [0.3, 0.4) is 0 Å². The number of nitrogens with zero attached hydrogens (tertiary/aromatic N) is 4. The summed E-state index contributed by atoms with van der Waals surface area (Å²) in [5.41, 5.74) is 1.44. The number of carbonyl (C=O) groups is 1. The molecule has 0 aliphatic carbocycles. The lowest BCUT2D eigenvalue weighted by Gasteiger charge is -2.11. The number of hydrogen-bond donors (Lipinski definition) is 1. The van der Waals surface area contributed by atoms with Crippen LogP contribution >= 0.6 is 35.0 Å². The molecule has 0 bridgehead atoms. The second-order valence-corrected chi connectivity index (χ2v) is 7.79. The van der Waals surface area contributed by atoms with Gasteiger partial charge in [-0.2, -0.15) is 0 Å². The highest BCUT2D eigenvalue weighted by Gasteiger charge is 2.17. The average Bonchev–Trinajstić information content (AvgIpc) is 3.38. The van der Waals surface area contributed by atoms with E-state index in [2.05, 4.69) is 15.5 Å². The monoisotopic (exact) mass is 443 g/mol. The van der Waals surface area contributed by atoms with Gasteiger partial charge in [-0.15, -0.1) is 10.2 Å². The van der Waals surface area contributed by atoms with Gasteiger partial charge in [-0.1, -0.05) is 47.1 Å². The van der Waals surface area contributed by atoms with Crippen molar-refractivity contribution in [3.05, 3.63) is 83.1 Å². The van der Waals surface area contributed by atoms with Crippen molar-refractivity contribution >= 4 is 46.6 Å². The molecule has 0 fully saturated rings. The summed E-state index contributed by atoms with van der Waals surface area (Å²) in [6.07, 6.45) is 3.77. The highest BCUT2D eigenvalue weighted by atomic mass is 35.5. The third-order valence-electron chi connectivity index (χ3n) is 4.01. The summed E-state index contributed by atoms with van der Waals surface area (Å²) in [5.74, 6) is 0.621. The summed E-state index contributed by atoms with van der Waals surface area (Å²) >= 11 is 13.4. The van der Waals surface area contributed by atoms with Gasteiger partial charge in [0, 0.05) is 23.0 Å². The Morgan fingerprint density at radius 2 is 1.69 bits per heavy atom. The van der Waals surface area contributed by atoms with Gasteiger partial charge in [0.15, 0.2) is 5.82 Å². The Morgan fingerprint density at radius 1 is 0.966 bits per heavy atom. The van der Waals surface area contributed by atoms with E-state index in [1.54, 1.807) is 24.3 Å². The smallest absolute Gasteiger partial charge is 0.234 e. The van der Waals surface area contributed by atoms with Gasteiger partial charge >= 0.3 is 0 Å². The molecule has 9 heteroatoms. The lowest BCUT2D eigenvalue weighted by molar-refractivity contribution is -0.113. The maximum absolute atomic E-state index is 12.4. The van der Waals surface area contributed by atoms with Crippen LogP contribution in [0.2, 0.25) is 10.0 Å². The van der Waals surface area contributed by atoms with Crippen LogP contribution in [-0.4, -0.2) is 31.2 Å². The van der Waals surface area contributed by atoms with E-state index >= 15 is 0 Å². The molecule has 6 nitrogen and oxygen atoms in total. The van der Waals surface area contributed by atoms with E-state index in [0.717, 1.165) is 5.56 Å². The zero-order valence-electron chi connectivity index (χ0n) is 15.0. The predicted octanol–water partition coefficient (Wildman–Crippen LogP) is 5.10. The number of nitrogens with one attached hydrogen (secondary N) is 1. The van der Waals surface area contributed by atoms with Crippen LogP contribution in [0.25, 0.3) is 11.4 Å². The largest absolute Gasteiger partial charge is 0.324 e. The Balaban J connectivity index is 1.57. The van der Waals surface area contributed by atoms with Gasteiger partial charge in [0.05, 0.1) is 16.5 Å². The zero-order valence-corrected chi connectivity index (χ0v) is 17.3. The van der Waals surface area contributed by atoms with Crippen LogP contribution in [0.15, 0.2) is 78.2 Å². The minimum Gasteiger partial charge on any atom is -0.324 e. The standard InChI is InChI=1S/C20H15Cl2N5OS/c21-15-9-7-14(8-10-15)19-24-25-20(27(19)26-11-3-4-12-26)29-13-18(28)23-17-6-2-1-5-16(17)22/h1-12H,13H2,(H,23,28). The molecule has 29 heavy (non-hydrogen) atoms. The van der Waals surface area contributed by atoms with Crippen molar-refractivity contribution in [3.63, 3.8) is 0 Å². The number of halogens is 2. The van der Waals surface area contributed by atoms with E-state index in [0.29, 0.717) is 26.7 Å². The fourth-order valence-corrected chi connectivity index (χ4v) is 3.72. The number of thioether (sulfide) groups is 1. The summed E-state index contributed by atoms with van der Waals surface area (Å²) in [5, 5.41) is 13.1. The minimum absolute atomic E-state index is 0.158. The molecule has 2 aromatic carbocycles. The van der Waals surface area contributed by atoms with Crippen molar-refractivity contribution in [2.24, 2.45) is 0 Å². The topological polar surface area (TPSA) is 64.7 Å². The molecule has 2 aromatic heterocycles. The number of para-hydroxylation sites is 1. The molecule has 0 saturated carbocycles. The van der Waals surface area contributed by atoms with Gasteiger partial charge in [-0.25, -0.2) is 4.68 Å². The van der Waals surface area contributed by atoms with Gasteiger partial charge in [0.2, 0.25) is 11.1 Å². The molecule has 4 aromatic rings. The molecule has 0 unspecified atom stereocenters. The van der Waals surface area contributed by atoms with Crippen molar-refractivity contribution in [2.45, 2.75) is 5.16 Å². The lowest BCUT2D eigenvalue weighted by Crippen LogP contribution is -2.16. The molecule has 0 radical (unpaired) electrons. The highest BCUT2D eigenvalue weighted by Crippen LogP contribution is 2.26. The average molecular weight is 444 g/mol. The maximum Gasteiger partial charge on any atom is 0.234 e. The molecule has 0 aliphatic rings. The number of rotatable bonds is 6. The third-order valence-corrected chi connectivity index (χ3v) is 5.52. The van der Waals surface area contributed by atoms with Crippen molar-refractivity contribution in [3.8, 4) is 11.4 Å². The predicted molar refractivity (Wildman–Crippen MR) is 117 cm³/mol. The van der Waals surface area contributed by atoms with Gasteiger partial charge in [0.1, 0.15) is 0 Å². The summed E-state index contributed by atoms with van der Waals surface area (Å²) < 4.78 is 3.70. The third kappa shape index (κ3) is 4.48. The van der Waals surface area contributed by atoms with Crippen LogP contribution in [0, 0.1) is 0 Å². The van der Waals surface area contributed by atoms with Crippen LogP contribution < -0.4 is 5.32 Å². The maximum atomic E-state index is 12.4. The van der Waals surface area contributed by atoms with Crippen molar-refractivity contribution < 1.29 is 4.79 Å². The molecule has 0 spiro atoms. The van der Waals surface area contributed by atoms with Crippen molar-refractivity contribution in [1.82, 2.24) is 19.5 Å². The van der Waals surface area contributed by atoms with Crippen LogP contribution in [0.1, 0.15) is 0 Å². The number of amides is 1. The first-order chi connectivity index (χ1) is 14.1. The molecule has 0 aliphatic heterocycles. The van der Waals surface area contributed by atoms with Crippen LogP contribution in [-0.2, 0) is 4.79 Å². The van der Waals surface area contributed by atoms with E-state index in [1.165, 1.54) is 11.8 Å². The molecular formula is C20H15Cl2N5OS. The summed E-state index contributed by atoms with van der Waals surface area (Å²) in [4.78, 5) is 12.4. The van der Waals surface area contributed by atoms with Crippen LogP contribution in [0.5, 0.6) is 0 Å². The molecule has 0 atom stereocenters.